The highest BCUT2D eigenvalue weighted by molar-refractivity contribution is 7.99. The molecule has 0 atom stereocenters. The van der Waals surface area contributed by atoms with Crippen LogP contribution in [0.4, 0.5) is 0 Å². The molecule has 0 saturated heterocycles. The van der Waals surface area contributed by atoms with Crippen molar-refractivity contribution in [3.63, 3.8) is 0 Å². The summed E-state index contributed by atoms with van der Waals surface area (Å²) in [5.74, 6) is 1.80. The number of thioether (sulfide) groups is 1. The van der Waals surface area contributed by atoms with Crippen LogP contribution in [-0.4, -0.2) is 32.1 Å². The smallest absolute Gasteiger partial charge is 0.250 e. The summed E-state index contributed by atoms with van der Waals surface area (Å²) in [5.41, 5.74) is 4.08. The van der Waals surface area contributed by atoms with Crippen LogP contribution in [0.1, 0.15) is 11.1 Å². The molecule has 0 aliphatic carbocycles. The topological polar surface area (TPSA) is 59.9 Å². The summed E-state index contributed by atoms with van der Waals surface area (Å²) in [6.45, 7) is 0. The first-order chi connectivity index (χ1) is 12.5. The monoisotopic (exact) mass is 412 g/mol. The van der Waals surface area contributed by atoms with Gasteiger partial charge in [0.05, 0.1) is 26.2 Å². The van der Waals surface area contributed by atoms with Crippen molar-refractivity contribution in [3.8, 4) is 11.5 Å². The van der Waals surface area contributed by atoms with Gasteiger partial charge in [-0.2, -0.15) is 5.10 Å². The van der Waals surface area contributed by atoms with E-state index < -0.39 is 0 Å². The quantitative estimate of drug-likeness (QED) is 0.515. The molecule has 2 aromatic rings. The van der Waals surface area contributed by atoms with Crippen LogP contribution >= 0.6 is 35.0 Å². The normalized spacial score (nSPS) is 10.8. The summed E-state index contributed by atoms with van der Waals surface area (Å²) in [6.07, 6.45) is 1.54. The number of rotatable bonds is 8. The standard InChI is InChI=1S/C18H18Cl2N2O3S/c1-24-16-7-6-12(8-17(16)25-2)9-21-22-18(23)11-26-10-13-14(19)4-3-5-15(13)20/h3-9H,10-11H2,1-2H3,(H,22,23)/b21-9-. The van der Waals surface area contributed by atoms with Gasteiger partial charge in [-0.3, -0.25) is 4.79 Å². The van der Waals surface area contributed by atoms with E-state index in [1.165, 1.54) is 18.0 Å². The van der Waals surface area contributed by atoms with Gasteiger partial charge < -0.3 is 9.47 Å². The van der Waals surface area contributed by atoms with E-state index in [-0.39, 0.29) is 11.7 Å². The molecular weight excluding hydrogens is 395 g/mol. The van der Waals surface area contributed by atoms with Gasteiger partial charge in [0.25, 0.3) is 0 Å². The fourth-order valence-electron chi connectivity index (χ4n) is 2.06. The fourth-order valence-corrected chi connectivity index (χ4v) is 3.62. The van der Waals surface area contributed by atoms with Crippen LogP contribution < -0.4 is 14.9 Å². The first-order valence-electron chi connectivity index (χ1n) is 7.59. The van der Waals surface area contributed by atoms with Gasteiger partial charge in [0.1, 0.15) is 0 Å². The number of methoxy groups -OCH3 is 2. The van der Waals surface area contributed by atoms with Gasteiger partial charge >= 0.3 is 0 Å². The highest BCUT2D eigenvalue weighted by Gasteiger charge is 2.07. The molecule has 0 saturated carbocycles. The van der Waals surface area contributed by atoms with E-state index >= 15 is 0 Å². The molecule has 2 rings (SSSR count). The Morgan fingerprint density at radius 3 is 2.50 bits per heavy atom. The fraction of sp³-hybridized carbons (Fsp3) is 0.222. The average molecular weight is 413 g/mol. The van der Waals surface area contributed by atoms with E-state index in [0.29, 0.717) is 27.3 Å². The second-order valence-corrected chi connectivity index (χ2v) is 6.90. The molecule has 0 radical (unpaired) electrons. The van der Waals surface area contributed by atoms with E-state index in [9.17, 15) is 4.79 Å². The zero-order chi connectivity index (χ0) is 18.9. The van der Waals surface area contributed by atoms with Gasteiger partial charge in [-0.05, 0) is 41.5 Å². The number of carbonyl (C=O) groups is 1. The maximum Gasteiger partial charge on any atom is 0.250 e. The average Bonchev–Trinajstić information content (AvgIpc) is 2.64. The van der Waals surface area contributed by atoms with E-state index in [1.54, 1.807) is 44.6 Å². The van der Waals surface area contributed by atoms with E-state index in [0.717, 1.165) is 11.1 Å². The Labute approximate surface area is 166 Å². The second kappa shape index (κ2) is 10.3. The molecule has 2 aromatic carbocycles. The van der Waals surface area contributed by atoms with Crippen molar-refractivity contribution in [2.24, 2.45) is 5.10 Å². The molecule has 26 heavy (non-hydrogen) atoms. The summed E-state index contributed by atoms with van der Waals surface area (Å²) in [7, 11) is 3.13. The van der Waals surface area contributed by atoms with Crippen molar-refractivity contribution >= 4 is 47.1 Å². The number of hydrogen-bond donors (Lipinski definition) is 1. The van der Waals surface area contributed by atoms with Crippen LogP contribution in [0.15, 0.2) is 41.5 Å². The largest absolute Gasteiger partial charge is 0.493 e. The minimum Gasteiger partial charge on any atom is -0.493 e. The molecule has 0 aromatic heterocycles. The lowest BCUT2D eigenvalue weighted by molar-refractivity contribution is -0.118. The van der Waals surface area contributed by atoms with E-state index in [2.05, 4.69) is 10.5 Å². The van der Waals surface area contributed by atoms with Crippen molar-refractivity contribution in [3.05, 3.63) is 57.6 Å². The SMILES string of the molecule is COc1ccc(/C=N\NC(=O)CSCc2c(Cl)cccc2Cl)cc1OC. The Hall–Kier alpha value is -1.89. The molecule has 1 amide bonds. The third kappa shape index (κ3) is 5.83. The summed E-state index contributed by atoms with van der Waals surface area (Å²) in [4.78, 5) is 11.9. The molecule has 0 unspecified atom stereocenters. The van der Waals surface area contributed by atoms with Crippen LogP contribution in [0.3, 0.4) is 0 Å². The molecule has 138 valence electrons. The molecule has 8 heteroatoms. The molecule has 0 heterocycles. The van der Waals surface area contributed by atoms with Gasteiger partial charge in [-0.1, -0.05) is 29.3 Å². The minimum absolute atomic E-state index is 0.213. The number of benzene rings is 2. The van der Waals surface area contributed by atoms with Gasteiger partial charge in [-0.25, -0.2) is 5.43 Å². The number of amides is 1. The van der Waals surface area contributed by atoms with Crippen LogP contribution in [0.5, 0.6) is 11.5 Å². The zero-order valence-electron chi connectivity index (χ0n) is 14.3. The Morgan fingerprint density at radius 1 is 1.15 bits per heavy atom. The molecule has 1 N–H and O–H groups in total. The number of ether oxygens (including phenoxy) is 2. The second-order valence-electron chi connectivity index (χ2n) is 5.10. The Kier molecular flexibility index (Phi) is 8.09. The van der Waals surface area contributed by atoms with Crippen LogP contribution in [0.2, 0.25) is 10.0 Å². The summed E-state index contributed by atoms with van der Waals surface area (Å²) in [6, 6.07) is 10.7. The van der Waals surface area contributed by atoms with Gasteiger partial charge in [0, 0.05) is 15.8 Å². The van der Waals surface area contributed by atoms with Gasteiger partial charge in [0.15, 0.2) is 11.5 Å². The lowest BCUT2D eigenvalue weighted by Gasteiger charge is -2.07. The Bertz CT molecular complexity index is 780. The number of hydrazone groups is 1. The van der Waals surface area contributed by atoms with Crippen LogP contribution in [0.25, 0.3) is 0 Å². The summed E-state index contributed by atoms with van der Waals surface area (Å²) in [5, 5.41) is 5.14. The summed E-state index contributed by atoms with van der Waals surface area (Å²) < 4.78 is 10.4. The van der Waals surface area contributed by atoms with Gasteiger partial charge in [0.2, 0.25) is 5.91 Å². The summed E-state index contributed by atoms with van der Waals surface area (Å²) >= 11 is 13.6. The van der Waals surface area contributed by atoms with Gasteiger partial charge in [-0.15, -0.1) is 11.8 Å². The molecule has 0 aliphatic rings. The van der Waals surface area contributed by atoms with Crippen molar-refractivity contribution in [2.75, 3.05) is 20.0 Å². The number of nitrogens with zero attached hydrogens (tertiary/aromatic N) is 1. The van der Waals surface area contributed by atoms with Crippen molar-refractivity contribution in [1.82, 2.24) is 5.43 Å². The third-order valence-electron chi connectivity index (χ3n) is 3.35. The number of halogens is 2. The number of hydrogen-bond acceptors (Lipinski definition) is 5. The van der Waals surface area contributed by atoms with Crippen LogP contribution in [-0.2, 0) is 10.5 Å². The number of carbonyl (C=O) groups excluding carboxylic acids is 1. The third-order valence-corrected chi connectivity index (χ3v) is 5.02. The molecule has 0 spiro atoms. The van der Waals surface area contributed by atoms with E-state index in [1.807, 2.05) is 6.07 Å². The predicted octanol–water partition coefficient (Wildman–Crippen LogP) is 4.39. The van der Waals surface area contributed by atoms with E-state index in [4.69, 9.17) is 32.7 Å². The first kappa shape index (κ1) is 20.4. The van der Waals surface area contributed by atoms with Crippen molar-refractivity contribution in [2.45, 2.75) is 5.75 Å². The van der Waals surface area contributed by atoms with Crippen LogP contribution in [0, 0.1) is 0 Å². The Balaban J connectivity index is 1.82. The lowest BCUT2D eigenvalue weighted by atomic mass is 10.2. The predicted molar refractivity (Wildman–Crippen MR) is 108 cm³/mol. The highest BCUT2D eigenvalue weighted by Crippen LogP contribution is 2.28. The molecule has 0 fully saturated rings. The van der Waals surface area contributed by atoms with Crippen molar-refractivity contribution < 1.29 is 14.3 Å². The lowest BCUT2D eigenvalue weighted by Crippen LogP contribution is -2.19. The minimum atomic E-state index is -0.213. The molecule has 0 aliphatic heterocycles. The zero-order valence-corrected chi connectivity index (χ0v) is 16.6. The molecule has 5 nitrogen and oxygen atoms in total. The Morgan fingerprint density at radius 2 is 1.85 bits per heavy atom. The number of nitrogens with one attached hydrogen (secondary N) is 1. The maximum absolute atomic E-state index is 11.9. The molecule has 0 bridgehead atoms. The molecular formula is C18H18Cl2N2O3S. The van der Waals surface area contributed by atoms with Crippen molar-refractivity contribution in [1.29, 1.82) is 0 Å². The maximum atomic E-state index is 11.9. The first-order valence-corrected chi connectivity index (χ1v) is 9.50. The highest BCUT2D eigenvalue weighted by atomic mass is 35.5.